The van der Waals surface area contributed by atoms with Crippen molar-refractivity contribution in [1.82, 2.24) is 15.6 Å². The zero-order valence-electron chi connectivity index (χ0n) is 18.2. The number of piperidine rings is 1. The highest BCUT2D eigenvalue weighted by atomic mass is 16.1. The predicted molar refractivity (Wildman–Crippen MR) is 122 cm³/mol. The number of nitrogens with zero attached hydrogens (tertiary/aromatic N) is 3. The Balaban J connectivity index is 1.58. The van der Waals surface area contributed by atoms with Gasteiger partial charge in [0.25, 0.3) is 0 Å². The van der Waals surface area contributed by atoms with E-state index in [-0.39, 0.29) is 11.8 Å². The van der Waals surface area contributed by atoms with Crippen molar-refractivity contribution in [2.45, 2.75) is 58.4 Å². The van der Waals surface area contributed by atoms with Crippen molar-refractivity contribution in [3.63, 3.8) is 0 Å². The van der Waals surface area contributed by atoms with Crippen LogP contribution >= 0.6 is 0 Å². The summed E-state index contributed by atoms with van der Waals surface area (Å²) in [5.74, 6) is 1.60. The van der Waals surface area contributed by atoms with Crippen LogP contribution in [0.5, 0.6) is 0 Å². The van der Waals surface area contributed by atoms with Crippen molar-refractivity contribution in [3.8, 4) is 0 Å². The Kier molecular flexibility index (Phi) is 8.53. The molecule has 30 heavy (non-hydrogen) atoms. The highest BCUT2D eigenvalue weighted by molar-refractivity contribution is 5.80. The molecule has 3 rings (SSSR count). The van der Waals surface area contributed by atoms with Crippen molar-refractivity contribution in [1.29, 1.82) is 0 Å². The molecule has 164 valence electrons. The van der Waals surface area contributed by atoms with Crippen LogP contribution in [0.25, 0.3) is 0 Å². The van der Waals surface area contributed by atoms with Crippen LogP contribution in [0, 0.1) is 5.92 Å². The van der Waals surface area contributed by atoms with Gasteiger partial charge < -0.3 is 21.3 Å². The fourth-order valence-corrected chi connectivity index (χ4v) is 4.19. The topological polar surface area (TPSA) is 95.6 Å². The number of pyridine rings is 1. The number of nitrogens with one attached hydrogen (secondary N) is 2. The van der Waals surface area contributed by atoms with Gasteiger partial charge in [0.15, 0.2) is 5.96 Å². The molecule has 1 aliphatic carbocycles. The molecule has 7 heteroatoms. The molecule has 1 amide bonds. The van der Waals surface area contributed by atoms with Crippen LogP contribution in [0.1, 0.15) is 57.4 Å². The first-order valence-electron chi connectivity index (χ1n) is 11.4. The van der Waals surface area contributed by atoms with Crippen LogP contribution in [-0.4, -0.2) is 43.0 Å². The molecular weight excluding hydrogens is 376 g/mol. The van der Waals surface area contributed by atoms with Gasteiger partial charge in [0.1, 0.15) is 5.82 Å². The van der Waals surface area contributed by atoms with E-state index < -0.39 is 0 Å². The van der Waals surface area contributed by atoms with Gasteiger partial charge in [-0.2, -0.15) is 0 Å². The summed E-state index contributed by atoms with van der Waals surface area (Å²) in [6.07, 6.45) is 12.0. The smallest absolute Gasteiger partial charge is 0.220 e. The van der Waals surface area contributed by atoms with Gasteiger partial charge in [-0.05, 0) is 57.9 Å². The first kappa shape index (κ1) is 22.1. The van der Waals surface area contributed by atoms with E-state index in [1.54, 1.807) is 5.57 Å². The number of carbonyl (C=O) groups excluding carboxylic acids is 1. The average Bonchev–Trinajstić information content (AvgIpc) is 2.78. The van der Waals surface area contributed by atoms with Crippen LogP contribution < -0.4 is 21.3 Å². The number of rotatable bonds is 8. The molecule has 0 radical (unpaired) electrons. The highest BCUT2D eigenvalue weighted by Crippen LogP contribution is 2.25. The Hall–Kier alpha value is -2.57. The standard InChI is InChI=1S/C23H36N6O/c1-2-25-23(27-14-10-18-7-4-3-5-8-18)28-17-20-9-6-13-26-22(20)29-15-11-19(12-16-29)21(24)30/h6-7,9,13,19H,2-5,8,10-12,14-17H2,1H3,(H2,24,30)(H2,25,27,28). The van der Waals surface area contributed by atoms with Crippen molar-refractivity contribution >= 4 is 17.7 Å². The number of nitrogens with two attached hydrogens (primary N) is 1. The fourth-order valence-electron chi connectivity index (χ4n) is 4.19. The lowest BCUT2D eigenvalue weighted by molar-refractivity contribution is -0.122. The van der Waals surface area contributed by atoms with Gasteiger partial charge in [0, 0.05) is 43.9 Å². The molecule has 1 aromatic heterocycles. The second kappa shape index (κ2) is 11.6. The minimum absolute atomic E-state index is 0.0183. The van der Waals surface area contributed by atoms with E-state index >= 15 is 0 Å². The Labute approximate surface area is 180 Å². The Morgan fingerprint density at radius 3 is 2.83 bits per heavy atom. The highest BCUT2D eigenvalue weighted by Gasteiger charge is 2.24. The summed E-state index contributed by atoms with van der Waals surface area (Å²) in [5.41, 5.74) is 8.14. The molecule has 0 atom stereocenters. The Morgan fingerprint density at radius 1 is 1.30 bits per heavy atom. The first-order chi connectivity index (χ1) is 14.7. The van der Waals surface area contributed by atoms with Gasteiger partial charge in [-0.25, -0.2) is 9.98 Å². The zero-order valence-corrected chi connectivity index (χ0v) is 18.2. The van der Waals surface area contributed by atoms with Gasteiger partial charge in [-0.15, -0.1) is 0 Å². The lowest BCUT2D eigenvalue weighted by Crippen LogP contribution is -2.39. The van der Waals surface area contributed by atoms with Gasteiger partial charge in [0.2, 0.25) is 5.91 Å². The van der Waals surface area contributed by atoms with E-state index in [1.165, 1.54) is 25.7 Å². The number of carbonyl (C=O) groups is 1. The zero-order chi connectivity index (χ0) is 21.2. The van der Waals surface area contributed by atoms with Crippen LogP contribution in [0.4, 0.5) is 5.82 Å². The van der Waals surface area contributed by atoms with E-state index in [0.29, 0.717) is 6.54 Å². The lowest BCUT2D eigenvalue weighted by Gasteiger charge is -2.32. The number of guanidine groups is 1. The van der Waals surface area contributed by atoms with Gasteiger partial charge >= 0.3 is 0 Å². The average molecular weight is 413 g/mol. The van der Waals surface area contributed by atoms with Crippen LogP contribution in [-0.2, 0) is 11.3 Å². The van der Waals surface area contributed by atoms with Gasteiger partial charge in [-0.3, -0.25) is 4.79 Å². The van der Waals surface area contributed by atoms with Crippen molar-refractivity contribution in [2.75, 3.05) is 31.1 Å². The Bertz CT molecular complexity index is 752. The third kappa shape index (κ3) is 6.47. The summed E-state index contributed by atoms with van der Waals surface area (Å²) in [4.78, 5) is 23.1. The molecule has 0 aromatic carbocycles. The molecule has 7 nitrogen and oxygen atoms in total. The summed E-state index contributed by atoms with van der Waals surface area (Å²) in [7, 11) is 0. The first-order valence-corrected chi connectivity index (χ1v) is 11.4. The van der Waals surface area contributed by atoms with E-state index in [4.69, 9.17) is 10.7 Å². The molecule has 2 aliphatic rings. The van der Waals surface area contributed by atoms with Crippen molar-refractivity contribution < 1.29 is 4.79 Å². The third-order valence-corrected chi connectivity index (χ3v) is 5.94. The second-order valence-electron chi connectivity index (χ2n) is 8.13. The quantitative estimate of drug-likeness (QED) is 0.347. The largest absolute Gasteiger partial charge is 0.369 e. The molecule has 1 fully saturated rings. The molecule has 2 heterocycles. The summed E-state index contributed by atoms with van der Waals surface area (Å²) < 4.78 is 0. The molecule has 1 saturated heterocycles. The normalized spacial score (nSPS) is 18.1. The number of allylic oxidation sites excluding steroid dienone is 1. The van der Waals surface area contributed by atoms with Crippen LogP contribution in [0.3, 0.4) is 0 Å². The summed E-state index contributed by atoms with van der Waals surface area (Å²) >= 11 is 0. The summed E-state index contributed by atoms with van der Waals surface area (Å²) in [5, 5.41) is 6.81. The maximum atomic E-state index is 11.4. The minimum Gasteiger partial charge on any atom is -0.369 e. The molecule has 1 aromatic rings. The van der Waals surface area contributed by atoms with Crippen molar-refractivity contribution in [3.05, 3.63) is 35.5 Å². The lowest BCUT2D eigenvalue weighted by atomic mass is 9.96. The van der Waals surface area contributed by atoms with E-state index in [9.17, 15) is 4.79 Å². The molecule has 4 N–H and O–H groups in total. The summed E-state index contributed by atoms with van der Waals surface area (Å²) in [6.45, 7) is 5.98. The van der Waals surface area contributed by atoms with Crippen LogP contribution in [0.15, 0.2) is 35.0 Å². The maximum absolute atomic E-state index is 11.4. The third-order valence-electron chi connectivity index (χ3n) is 5.94. The number of hydrogen-bond acceptors (Lipinski definition) is 4. The van der Waals surface area contributed by atoms with E-state index in [0.717, 1.165) is 62.8 Å². The number of anilines is 1. The number of amides is 1. The number of aromatic nitrogens is 1. The van der Waals surface area contributed by atoms with E-state index in [2.05, 4.69) is 39.6 Å². The Morgan fingerprint density at radius 2 is 2.13 bits per heavy atom. The molecule has 0 saturated carbocycles. The van der Waals surface area contributed by atoms with Crippen LogP contribution in [0.2, 0.25) is 0 Å². The van der Waals surface area contributed by atoms with Crippen molar-refractivity contribution in [2.24, 2.45) is 16.6 Å². The monoisotopic (exact) mass is 412 g/mol. The van der Waals surface area contributed by atoms with Gasteiger partial charge in [0.05, 0.1) is 6.54 Å². The maximum Gasteiger partial charge on any atom is 0.220 e. The molecule has 1 aliphatic heterocycles. The molecular formula is C23H36N6O. The minimum atomic E-state index is -0.189. The predicted octanol–water partition coefficient (Wildman–Crippen LogP) is 2.73. The SMILES string of the molecule is CCNC(=NCc1cccnc1N1CCC(C(N)=O)CC1)NCCC1=CCCCC1. The fraction of sp³-hybridized carbons (Fsp3) is 0.609. The number of hydrogen-bond donors (Lipinski definition) is 3. The molecule has 0 spiro atoms. The number of aliphatic imine (C=N–C) groups is 1. The molecule has 0 bridgehead atoms. The summed E-state index contributed by atoms with van der Waals surface area (Å²) in [6, 6.07) is 4.04. The number of primary amides is 1. The second-order valence-corrected chi connectivity index (χ2v) is 8.13. The van der Waals surface area contributed by atoms with Gasteiger partial charge in [-0.1, -0.05) is 17.7 Å². The molecule has 0 unspecified atom stereocenters. The van der Waals surface area contributed by atoms with E-state index in [1.807, 2.05) is 12.3 Å².